The third-order valence-electron chi connectivity index (χ3n) is 2.77. The highest BCUT2D eigenvalue weighted by Gasteiger charge is 2.34. The highest BCUT2D eigenvalue weighted by Crippen LogP contribution is 2.21. The lowest BCUT2D eigenvalue weighted by Gasteiger charge is -2.32. The van der Waals surface area contributed by atoms with Gasteiger partial charge in [0.25, 0.3) is 0 Å². The fourth-order valence-corrected chi connectivity index (χ4v) is 3.55. The number of nitrogens with zero attached hydrogens (tertiary/aromatic N) is 3. The first-order chi connectivity index (χ1) is 8.48. The van der Waals surface area contributed by atoms with Crippen LogP contribution in [0, 0.1) is 0 Å². The van der Waals surface area contributed by atoms with Gasteiger partial charge >= 0.3 is 0 Å². The molecule has 1 unspecified atom stereocenters. The number of nitrogens with one attached hydrogen (secondary N) is 1. The van der Waals surface area contributed by atoms with E-state index in [2.05, 4.69) is 15.5 Å². The number of anilines is 1. The third kappa shape index (κ3) is 3.03. The molecule has 1 N–H and O–H groups in total. The molecule has 1 amide bonds. The largest absolute Gasteiger partial charge is 0.299 e. The molecule has 0 bridgehead atoms. The van der Waals surface area contributed by atoms with E-state index in [1.807, 2.05) is 0 Å². The summed E-state index contributed by atoms with van der Waals surface area (Å²) in [6, 6.07) is -0.641. The van der Waals surface area contributed by atoms with Gasteiger partial charge in [-0.1, -0.05) is 17.8 Å². The molecule has 1 aliphatic rings. The number of carbonyl (C=O) groups is 1. The van der Waals surface area contributed by atoms with Gasteiger partial charge in [0.05, 0.1) is 6.26 Å². The Morgan fingerprint density at radius 1 is 1.56 bits per heavy atom. The van der Waals surface area contributed by atoms with Gasteiger partial charge in [-0.2, -0.15) is 4.31 Å². The van der Waals surface area contributed by atoms with Crippen molar-refractivity contribution in [2.45, 2.75) is 25.3 Å². The summed E-state index contributed by atoms with van der Waals surface area (Å²) in [6.45, 7) is 0.396. The predicted octanol–water partition coefficient (Wildman–Crippen LogP) is 0.291. The summed E-state index contributed by atoms with van der Waals surface area (Å²) in [6.07, 6.45) is 3.30. The van der Waals surface area contributed by atoms with Crippen molar-refractivity contribution in [3.05, 3.63) is 5.51 Å². The zero-order valence-corrected chi connectivity index (χ0v) is 11.5. The van der Waals surface area contributed by atoms with Crippen molar-refractivity contribution < 1.29 is 13.2 Å². The molecule has 1 aliphatic heterocycles. The number of hydrogen-bond acceptors (Lipinski definition) is 6. The second-order valence-electron chi connectivity index (χ2n) is 4.12. The van der Waals surface area contributed by atoms with Crippen LogP contribution < -0.4 is 5.32 Å². The van der Waals surface area contributed by atoms with Gasteiger partial charge in [0.2, 0.25) is 21.1 Å². The molecular formula is C9H14N4O3S2. The number of rotatable bonds is 3. The molecule has 0 aromatic carbocycles. The minimum atomic E-state index is -3.36. The number of piperidine rings is 1. The molecule has 100 valence electrons. The van der Waals surface area contributed by atoms with Gasteiger partial charge in [0, 0.05) is 6.54 Å². The Bertz CT molecular complexity index is 514. The molecule has 0 saturated carbocycles. The Morgan fingerprint density at radius 2 is 2.33 bits per heavy atom. The minimum absolute atomic E-state index is 0.336. The maximum atomic E-state index is 12.0. The Morgan fingerprint density at radius 3 is 2.94 bits per heavy atom. The summed E-state index contributed by atoms with van der Waals surface area (Å²) in [7, 11) is -3.36. The van der Waals surface area contributed by atoms with Gasteiger partial charge in [0.1, 0.15) is 11.6 Å². The highest BCUT2D eigenvalue weighted by atomic mass is 32.2. The topological polar surface area (TPSA) is 92.3 Å². The second-order valence-corrected chi connectivity index (χ2v) is 6.89. The summed E-state index contributed by atoms with van der Waals surface area (Å²) in [5.41, 5.74) is 1.50. The smallest absolute Gasteiger partial charge is 0.244 e. The lowest BCUT2D eigenvalue weighted by Crippen LogP contribution is -2.49. The van der Waals surface area contributed by atoms with E-state index in [4.69, 9.17) is 0 Å². The Kier molecular flexibility index (Phi) is 3.93. The van der Waals surface area contributed by atoms with Crippen molar-refractivity contribution >= 4 is 32.4 Å². The third-order valence-corrected chi connectivity index (χ3v) is 4.67. The van der Waals surface area contributed by atoms with Crippen molar-refractivity contribution in [3.8, 4) is 0 Å². The minimum Gasteiger partial charge on any atom is -0.299 e. The van der Waals surface area contributed by atoms with Gasteiger partial charge in [0.15, 0.2) is 0 Å². The first-order valence-electron chi connectivity index (χ1n) is 5.52. The summed E-state index contributed by atoms with van der Waals surface area (Å²) in [5.74, 6) is -0.336. The quantitative estimate of drug-likeness (QED) is 0.864. The van der Waals surface area contributed by atoms with E-state index in [9.17, 15) is 13.2 Å². The van der Waals surface area contributed by atoms with Crippen molar-refractivity contribution in [3.63, 3.8) is 0 Å². The monoisotopic (exact) mass is 290 g/mol. The summed E-state index contributed by atoms with van der Waals surface area (Å²) < 4.78 is 24.5. The first-order valence-corrected chi connectivity index (χ1v) is 8.25. The molecule has 1 fully saturated rings. The summed E-state index contributed by atoms with van der Waals surface area (Å²) >= 11 is 1.20. The van der Waals surface area contributed by atoms with Crippen LogP contribution in [0.25, 0.3) is 0 Å². The van der Waals surface area contributed by atoms with E-state index < -0.39 is 16.1 Å². The van der Waals surface area contributed by atoms with Crippen LogP contribution in [0.3, 0.4) is 0 Å². The molecule has 2 rings (SSSR count). The number of hydrogen-bond donors (Lipinski definition) is 1. The van der Waals surface area contributed by atoms with Crippen LogP contribution in [0.2, 0.25) is 0 Å². The van der Waals surface area contributed by atoms with Crippen molar-refractivity contribution in [1.82, 2.24) is 14.5 Å². The maximum Gasteiger partial charge on any atom is 0.244 e. The molecule has 0 radical (unpaired) electrons. The Labute approximate surface area is 109 Å². The van der Waals surface area contributed by atoms with Crippen LogP contribution in [0.4, 0.5) is 5.13 Å². The van der Waals surface area contributed by atoms with Crippen LogP contribution in [-0.4, -0.2) is 47.7 Å². The number of amides is 1. The number of sulfonamides is 1. The zero-order valence-electron chi connectivity index (χ0n) is 9.87. The zero-order chi connectivity index (χ0) is 13.2. The predicted molar refractivity (Wildman–Crippen MR) is 67.7 cm³/mol. The summed E-state index contributed by atoms with van der Waals surface area (Å²) in [4.78, 5) is 12.0. The Hall–Kier alpha value is -1.06. The lowest BCUT2D eigenvalue weighted by molar-refractivity contribution is -0.120. The van der Waals surface area contributed by atoms with E-state index >= 15 is 0 Å². The molecule has 2 heterocycles. The number of carbonyl (C=O) groups excluding carboxylic acids is 1. The lowest BCUT2D eigenvalue weighted by atomic mass is 10.0. The molecule has 1 aromatic heterocycles. The van der Waals surface area contributed by atoms with Gasteiger partial charge in [-0.15, -0.1) is 10.2 Å². The maximum absolute atomic E-state index is 12.0. The Balaban J connectivity index is 2.11. The molecule has 18 heavy (non-hydrogen) atoms. The van der Waals surface area contributed by atoms with Crippen LogP contribution in [-0.2, 0) is 14.8 Å². The van der Waals surface area contributed by atoms with E-state index in [0.717, 1.165) is 19.1 Å². The molecule has 1 saturated heterocycles. The van der Waals surface area contributed by atoms with E-state index in [-0.39, 0.29) is 5.91 Å². The average molecular weight is 290 g/mol. The first kappa shape index (κ1) is 13.4. The fourth-order valence-electron chi connectivity index (χ4n) is 1.98. The second kappa shape index (κ2) is 5.29. The van der Waals surface area contributed by atoms with E-state index in [0.29, 0.717) is 18.1 Å². The van der Waals surface area contributed by atoms with Gasteiger partial charge < -0.3 is 0 Å². The summed E-state index contributed by atoms with van der Waals surface area (Å²) in [5, 5.41) is 10.3. The molecule has 1 aromatic rings. The standard InChI is InChI=1S/C9H14N4O3S2/c1-18(15,16)13-5-3-2-4-7(13)8(14)11-9-12-10-6-17-9/h6-7H,2-5H2,1H3,(H,11,12,14). The fraction of sp³-hybridized carbons (Fsp3) is 0.667. The molecule has 9 heteroatoms. The molecule has 0 aliphatic carbocycles. The molecular weight excluding hydrogens is 276 g/mol. The van der Waals surface area contributed by atoms with Crippen LogP contribution in [0.1, 0.15) is 19.3 Å². The van der Waals surface area contributed by atoms with Gasteiger partial charge in [-0.25, -0.2) is 8.42 Å². The highest BCUT2D eigenvalue weighted by molar-refractivity contribution is 7.88. The average Bonchev–Trinajstić information content (AvgIpc) is 2.80. The van der Waals surface area contributed by atoms with E-state index in [1.165, 1.54) is 21.2 Å². The van der Waals surface area contributed by atoms with Crippen LogP contribution >= 0.6 is 11.3 Å². The molecule has 1 atom stereocenters. The van der Waals surface area contributed by atoms with Gasteiger partial charge in [-0.3, -0.25) is 10.1 Å². The SMILES string of the molecule is CS(=O)(=O)N1CCCCC1C(=O)Nc1nncs1. The molecule has 7 nitrogen and oxygen atoms in total. The van der Waals surface area contributed by atoms with Crippen molar-refractivity contribution in [2.24, 2.45) is 0 Å². The molecule has 0 spiro atoms. The van der Waals surface area contributed by atoms with Crippen LogP contribution in [0.15, 0.2) is 5.51 Å². The normalized spacial score (nSPS) is 21.7. The van der Waals surface area contributed by atoms with Crippen molar-refractivity contribution in [1.29, 1.82) is 0 Å². The van der Waals surface area contributed by atoms with E-state index in [1.54, 1.807) is 0 Å². The van der Waals surface area contributed by atoms with Crippen LogP contribution in [0.5, 0.6) is 0 Å². The van der Waals surface area contributed by atoms with Gasteiger partial charge in [-0.05, 0) is 12.8 Å². The van der Waals surface area contributed by atoms with Crippen molar-refractivity contribution in [2.75, 3.05) is 18.1 Å². The number of aromatic nitrogens is 2.